The molecule has 0 spiro atoms. The Balaban J connectivity index is 3.23. The first-order chi connectivity index (χ1) is 6.84. The molecule has 1 nitrogen and oxygen atoms in total. The second-order valence-corrected chi connectivity index (χ2v) is 11.1. The van der Waals surface area contributed by atoms with E-state index in [-0.39, 0.29) is 11.3 Å². The van der Waals surface area contributed by atoms with E-state index in [0.29, 0.717) is 0 Å². The summed E-state index contributed by atoms with van der Waals surface area (Å²) in [5, 5.41) is 0. The SMILES string of the molecule is CC(=O)C(c1ccccc1Br)[Si](C)(C)C. The molecule has 0 bridgehead atoms. The van der Waals surface area contributed by atoms with Gasteiger partial charge in [-0.1, -0.05) is 53.8 Å². The van der Waals surface area contributed by atoms with Crippen molar-refractivity contribution in [2.45, 2.75) is 32.1 Å². The van der Waals surface area contributed by atoms with Gasteiger partial charge in [-0.05, 0) is 18.6 Å². The molecule has 3 heteroatoms. The standard InChI is InChI=1S/C12H17BrOSi/c1-9(14)12(15(2,3)4)10-7-5-6-8-11(10)13/h5-8,12H,1-4H3. The number of Topliss-reactive ketones (excluding diaryl/α,β-unsaturated/α-hetero) is 1. The molecular formula is C12H17BrOSi. The van der Waals surface area contributed by atoms with Gasteiger partial charge in [0.1, 0.15) is 5.78 Å². The van der Waals surface area contributed by atoms with Gasteiger partial charge in [-0.2, -0.15) is 0 Å². The Labute approximate surface area is 101 Å². The van der Waals surface area contributed by atoms with Gasteiger partial charge in [0.2, 0.25) is 0 Å². The molecule has 0 aromatic heterocycles. The number of halogens is 1. The zero-order chi connectivity index (χ0) is 11.6. The van der Waals surface area contributed by atoms with Crippen molar-refractivity contribution in [2.24, 2.45) is 0 Å². The molecule has 15 heavy (non-hydrogen) atoms. The van der Waals surface area contributed by atoms with Crippen LogP contribution in [0.2, 0.25) is 19.6 Å². The molecule has 1 rings (SSSR count). The number of carbonyl (C=O) groups excluding carboxylic acids is 1. The molecule has 1 atom stereocenters. The Morgan fingerprint density at radius 3 is 2.20 bits per heavy atom. The number of hydrogen-bond acceptors (Lipinski definition) is 1. The Morgan fingerprint density at radius 2 is 1.80 bits per heavy atom. The van der Waals surface area contributed by atoms with Crippen LogP contribution in [0.3, 0.4) is 0 Å². The lowest BCUT2D eigenvalue weighted by atomic mass is 10.1. The van der Waals surface area contributed by atoms with Gasteiger partial charge in [-0.15, -0.1) is 0 Å². The second-order valence-electron chi connectivity index (χ2n) is 4.93. The lowest BCUT2D eigenvalue weighted by Gasteiger charge is -2.27. The molecule has 1 aromatic carbocycles. The zero-order valence-corrected chi connectivity index (χ0v) is 12.3. The van der Waals surface area contributed by atoms with Gasteiger partial charge >= 0.3 is 0 Å². The van der Waals surface area contributed by atoms with Gasteiger partial charge in [0.05, 0.1) is 8.07 Å². The molecule has 1 aromatic rings. The molecular weight excluding hydrogens is 268 g/mol. The fourth-order valence-corrected chi connectivity index (χ4v) is 5.13. The van der Waals surface area contributed by atoms with Crippen molar-refractivity contribution in [3.8, 4) is 0 Å². The second kappa shape index (κ2) is 4.62. The fourth-order valence-electron chi connectivity index (χ4n) is 2.00. The first-order valence-electron chi connectivity index (χ1n) is 5.09. The summed E-state index contributed by atoms with van der Waals surface area (Å²) < 4.78 is 1.05. The third kappa shape index (κ3) is 3.02. The smallest absolute Gasteiger partial charge is 0.134 e. The summed E-state index contributed by atoms with van der Waals surface area (Å²) in [5.74, 6) is 0.279. The Kier molecular flexibility index (Phi) is 3.90. The number of hydrogen-bond donors (Lipinski definition) is 0. The summed E-state index contributed by atoms with van der Waals surface area (Å²) in [6.45, 7) is 8.40. The molecule has 0 radical (unpaired) electrons. The van der Waals surface area contributed by atoms with Crippen molar-refractivity contribution in [3.63, 3.8) is 0 Å². The Hall–Kier alpha value is -0.413. The zero-order valence-electron chi connectivity index (χ0n) is 9.67. The summed E-state index contributed by atoms with van der Waals surface area (Å²) in [5.41, 5.74) is 1.23. The van der Waals surface area contributed by atoms with Crippen molar-refractivity contribution < 1.29 is 4.79 Å². The van der Waals surface area contributed by atoms with E-state index in [1.807, 2.05) is 18.2 Å². The maximum absolute atomic E-state index is 11.8. The van der Waals surface area contributed by atoms with Crippen LogP contribution in [0.4, 0.5) is 0 Å². The van der Waals surface area contributed by atoms with Crippen LogP contribution in [0.15, 0.2) is 28.7 Å². The van der Waals surface area contributed by atoms with Crippen molar-refractivity contribution in [1.82, 2.24) is 0 Å². The normalized spacial score (nSPS) is 13.7. The molecule has 0 heterocycles. The first kappa shape index (κ1) is 12.7. The Morgan fingerprint density at radius 1 is 1.27 bits per heavy atom. The molecule has 0 saturated heterocycles. The van der Waals surface area contributed by atoms with Crippen LogP contribution in [0.25, 0.3) is 0 Å². The summed E-state index contributed by atoms with van der Waals surface area (Å²) >= 11 is 3.53. The van der Waals surface area contributed by atoms with Crippen LogP contribution in [-0.4, -0.2) is 13.9 Å². The average Bonchev–Trinajstić information content (AvgIpc) is 2.05. The molecule has 82 valence electrons. The molecule has 0 aliphatic rings. The number of ketones is 1. The maximum atomic E-state index is 11.8. The molecule has 0 saturated carbocycles. The van der Waals surface area contributed by atoms with Crippen LogP contribution in [0, 0.1) is 0 Å². The summed E-state index contributed by atoms with van der Waals surface area (Å²) in [6.07, 6.45) is 0. The van der Waals surface area contributed by atoms with E-state index >= 15 is 0 Å². The third-order valence-electron chi connectivity index (χ3n) is 2.49. The maximum Gasteiger partial charge on any atom is 0.134 e. The van der Waals surface area contributed by atoms with Gasteiger partial charge in [0, 0.05) is 10.0 Å². The summed E-state index contributed by atoms with van der Waals surface area (Å²) in [6, 6.07) is 8.03. The lowest BCUT2D eigenvalue weighted by molar-refractivity contribution is -0.116. The van der Waals surface area contributed by atoms with Gasteiger partial charge in [-0.25, -0.2) is 0 Å². The first-order valence-corrected chi connectivity index (χ1v) is 9.46. The van der Waals surface area contributed by atoms with Gasteiger partial charge in [0.25, 0.3) is 0 Å². The fraction of sp³-hybridized carbons (Fsp3) is 0.417. The highest BCUT2D eigenvalue weighted by atomic mass is 79.9. The van der Waals surface area contributed by atoms with Crippen molar-refractivity contribution in [1.29, 1.82) is 0 Å². The molecule has 0 aliphatic heterocycles. The number of benzene rings is 1. The summed E-state index contributed by atoms with van der Waals surface area (Å²) in [7, 11) is -1.50. The topological polar surface area (TPSA) is 17.1 Å². The number of carbonyl (C=O) groups is 1. The van der Waals surface area contributed by atoms with Crippen molar-refractivity contribution >= 4 is 29.8 Å². The van der Waals surface area contributed by atoms with E-state index in [9.17, 15) is 4.79 Å². The third-order valence-corrected chi connectivity index (χ3v) is 5.66. The van der Waals surface area contributed by atoms with E-state index in [0.717, 1.165) is 10.0 Å². The van der Waals surface area contributed by atoms with Gasteiger partial charge < -0.3 is 0 Å². The predicted octanol–water partition coefficient (Wildman–Crippen LogP) is 4.00. The Bertz CT molecular complexity index is 368. The minimum absolute atomic E-state index is 0.0908. The largest absolute Gasteiger partial charge is 0.300 e. The molecule has 1 unspecified atom stereocenters. The van der Waals surface area contributed by atoms with Crippen LogP contribution < -0.4 is 0 Å². The highest BCUT2D eigenvalue weighted by Crippen LogP contribution is 2.32. The highest BCUT2D eigenvalue weighted by molar-refractivity contribution is 9.10. The molecule has 0 fully saturated rings. The quantitative estimate of drug-likeness (QED) is 0.767. The van der Waals surface area contributed by atoms with Crippen LogP contribution in [0.1, 0.15) is 18.0 Å². The highest BCUT2D eigenvalue weighted by Gasteiger charge is 2.32. The van der Waals surface area contributed by atoms with E-state index < -0.39 is 8.07 Å². The van der Waals surface area contributed by atoms with Crippen LogP contribution in [-0.2, 0) is 4.79 Å². The minimum atomic E-state index is -1.50. The lowest BCUT2D eigenvalue weighted by Crippen LogP contribution is -2.35. The average molecular weight is 285 g/mol. The van der Waals surface area contributed by atoms with Crippen molar-refractivity contribution in [2.75, 3.05) is 0 Å². The van der Waals surface area contributed by atoms with Crippen LogP contribution >= 0.6 is 15.9 Å². The monoisotopic (exact) mass is 284 g/mol. The minimum Gasteiger partial charge on any atom is -0.300 e. The summed E-state index contributed by atoms with van der Waals surface area (Å²) in [4.78, 5) is 11.8. The van der Waals surface area contributed by atoms with Crippen LogP contribution in [0.5, 0.6) is 0 Å². The van der Waals surface area contributed by atoms with E-state index in [1.165, 1.54) is 0 Å². The predicted molar refractivity (Wildman–Crippen MR) is 70.9 cm³/mol. The molecule has 0 amide bonds. The van der Waals surface area contributed by atoms with E-state index in [1.54, 1.807) is 6.92 Å². The number of rotatable bonds is 3. The van der Waals surface area contributed by atoms with Crippen molar-refractivity contribution in [3.05, 3.63) is 34.3 Å². The molecule has 0 N–H and O–H groups in total. The van der Waals surface area contributed by atoms with Gasteiger partial charge in [0.15, 0.2) is 0 Å². The van der Waals surface area contributed by atoms with E-state index in [2.05, 4.69) is 41.6 Å². The van der Waals surface area contributed by atoms with Gasteiger partial charge in [-0.3, -0.25) is 4.79 Å². The molecule has 0 aliphatic carbocycles. The van der Waals surface area contributed by atoms with E-state index in [4.69, 9.17) is 0 Å².